The van der Waals surface area contributed by atoms with Crippen LogP contribution in [0.25, 0.3) is 6.08 Å². The second-order valence-electron chi connectivity index (χ2n) is 4.87. The van der Waals surface area contributed by atoms with E-state index >= 15 is 0 Å². The SMILES string of the molecule is COc1cc(/C=C/C(=O)c2c(F)cccc2F)ccc1OCC(=O)[O-]. The molecule has 25 heavy (non-hydrogen) atoms. The molecule has 0 aliphatic carbocycles. The number of methoxy groups -OCH3 is 1. The molecule has 0 N–H and O–H groups in total. The van der Waals surface area contributed by atoms with Gasteiger partial charge in [-0.1, -0.05) is 18.2 Å². The molecule has 2 aromatic carbocycles. The summed E-state index contributed by atoms with van der Waals surface area (Å²) in [4.78, 5) is 22.4. The largest absolute Gasteiger partial charge is 0.546 e. The number of benzene rings is 2. The lowest BCUT2D eigenvalue weighted by Gasteiger charge is -2.11. The van der Waals surface area contributed by atoms with Crippen LogP contribution < -0.4 is 14.6 Å². The van der Waals surface area contributed by atoms with Crippen molar-refractivity contribution in [1.29, 1.82) is 0 Å². The number of halogens is 2. The number of carboxylic acid groups (broad SMARTS) is 1. The zero-order valence-electron chi connectivity index (χ0n) is 13.1. The molecular formula is C18H13F2O5-. The Bertz CT molecular complexity index is 810. The first-order valence-electron chi connectivity index (χ1n) is 7.09. The van der Waals surface area contributed by atoms with E-state index in [4.69, 9.17) is 9.47 Å². The van der Waals surface area contributed by atoms with Gasteiger partial charge in [-0.25, -0.2) is 8.78 Å². The summed E-state index contributed by atoms with van der Waals surface area (Å²) in [5.41, 5.74) is -0.151. The van der Waals surface area contributed by atoms with Crippen molar-refractivity contribution in [3.8, 4) is 11.5 Å². The summed E-state index contributed by atoms with van der Waals surface area (Å²) < 4.78 is 37.2. The quantitative estimate of drug-likeness (QED) is 0.566. The Balaban J connectivity index is 2.20. The number of ketones is 1. The van der Waals surface area contributed by atoms with Crippen molar-refractivity contribution in [3.63, 3.8) is 0 Å². The summed E-state index contributed by atoms with van der Waals surface area (Å²) in [7, 11) is 1.36. The van der Waals surface area contributed by atoms with Gasteiger partial charge in [-0.15, -0.1) is 0 Å². The van der Waals surface area contributed by atoms with E-state index in [0.29, 0.717) is 5.56 Å². The van der Waals surface area contributed by atoms with Crippen LogP contribution in [0.5, 0.6) is 11.5 Å². The summed E-state index contributed by atoms with van der Waals surface area (Å²) in [5.74, 6) is -3.70. The number of aliphatic carboxylic acids is 1. The van der Waals surface area contributed by atoms with Crippen molar-refractivity contribution in [2.45, 2.75) is 0 Å². The Morgan fingerprint density at radius 3 is 2.40 bits per heavy atom. The highest BCUT2D eigenvalue weighted by Gasteiger charge is 2.14. The summed E-state index contributed by atoms with van der Waals surface area (Å²) in [6.07, 6.45) is 2.37. The number of allylic oxidation sites excluding steroid dienone is 1. The highest BCUT2D eigenvalue weighted by molar-refractivity contribution is 6.07. The molecule has 0 bridgehead atoms. The van der Waals surface area contributed by atoms with E-state index in [-0.39, 0.29) is 11.5 Å². The molecule has 0 atom stereocenters. The molecule has 130 valence electrons. The molecule has 7 heteroatoms. The Kier molecular flexibility index (Phi) is 5.84. The van der Waals surface area contributed by atoms with Crippen molar-refractivity contribution < 1.29 is 33.0 Å². The minimum atomic E-state index is -1.39. The van der Waals surface area contributed by atoms with Crippen LogP contribution in [0.3, 0.4) is 0 Å². The van der Waals surface area contributed by atoms with Gasteiger partial charge in [-0.05, 0) is 35.9 Å². The predicted octanol–water partition coefficient (Wildman–Crippen LogP) is 2.00. The van der Waals surface area contributed by atoms with Crippen LogP contribution in [-0.4, -0.2) is 25.5 Å². The number of rotatable bonds is 7. The first-order valence-corrected chi connectivity index (χ1v) is 7.09. The molecule has 0 aliphatic rings. The average Bonchev–Trinajstić information content (AvgIpc) is 2.58. The monoisotopic (exact) mass is 347 g/mol. The first kappa shape index (κ1) is 18.1. The van der Waals surface area contributed by atoms with Crippen LogP contribution >= 0.6 is 0 Å². The van der Waals surface area contributed by atoms with E-state index in [9.17, 15) is 23.5 Å². The van der Waals surface area contributed by atoms with Crippen LogP contribution in [0.15, 0.2) is 42.5 Å². The van der Waals surface area contributed by atoms with Crippen LogP contribution in [0.2, 0.25) is 0 Å². The number of hydrogen-bond donors (Lipinski definition) is 0. The molecule has 0 fully saturated rings. The van der Waals surface area contributed by atoms with Crippen LogP contribution in [0, 0.1) is 11.6 Å². The lowest BCUT2D eigenvalue weighted by atomic mass is 10.1. The van der Waals surface area contributed by atoms with Gasteiger partial charge in [0, 0.05) is 0 Å². The number of ether oxygens (including phenoxy) is 2. The van der Waals surface area contributed by atoms with Crippen molar-refractivity contribution in [2.24, 2.45) is 0 Å². The third-order valence-electron chi connectivity index (χ3n) is 3.17. The second kappa shape index (κ2) is 8.05. The van der Waals surface area contributed by atoms with Gasteiger partial charge in [0.1, 0.15) is 18.2 Å². The van der Waals surface area contributed by atoms with Gasteiger partial charge in [0.15, 0.2) is 17.3 Å². The highest BCUT2D eigenvalue weighted by Crippen LogP contribution is 2.28. The predicted molar refractivity (Wildman–Crippen MR) is 83.2 cm³/mol. The lowest BCUT2D eigenvalue weighted by molar-refractivity contribution is -0.307. The molecule has 0 saturated heterocycles. The number of hydrogen-bond acceptors (Lipinski definition) is 5. The molecule has 0 spiro atoms. The van der Waals surface area contributed by atoms with Crippen molar-refractivity contribution in [2.75, 3.05) is 13.7 Å². The van der Waals surface area contributed by atoms with E-state index in [2.05, 4.69) is 0 Å². The molecule has 0 aromatic heterocycles. The Labute approximate surface area is 142 Å². The molecule has 2 rings (SSSR count). The van der Waals surface area contributed by atoms with Gasteiger partial charge < -0.3 is 19.4 Å². The van der Waals surface area contributed by atoms with Crippen LogP contribution in [-0.2, 0) is 4.79 Å². The highest BCUT2D eigenvalue weighted by atomic mass is 19.1. The van der Waals surface area contributed by atoms with Gasteiger partial charge in [0.2, 0.25) is 0 Å². The third-order valence-corrected chi connectivity index (χ3v) is 3.17. The summed E-state index contributed by atoms with van der Waals surface area (Å²) in [6.45, 7) is -0.642. The summed E-state index contributed by atoms with van der Waals surface area (Å²) in [5, 5.41) is 10.4. The maximum absolute atomic E-state index is 13.6. The topological polar surface area (TPSA) is 75.7 Å². The van der Waals surface area contributed by atoms with Gasteiger partial charge in [0.25, 0.3) is 0 Å². The molecular weight excluding hydrogens is 334 g/mol. The minimum Gasteiger partial charge on any atom is -0.546 e. The van der Waals surface area contributed by atoms with Gasteiger partial charge in [-0.2, -0.15) is 0 Å². The fourth-order valence-corrected chi connectivity index (χ4v) is 2.03. The third kappa shape index (κ3) is 4.63. The smallest absolute Gasteiger partial charge is 0.191 e. The zero-order valence-corrected chi connectivity index (χ0v) is 13.1. The number of carboxylic acids is 1. The maximum Gasteiger partial charge on any atom is 0.191 e. The normalized spacial score (nSPS) is 10.7. The molecule has 0 unspecified atom stereocenters. The fraction of sp³-hybridized carbons (Fsp3) is 0.111. The standard InChI is InChI=1S/C18H14F2O5/c1-24-16-9-11(6-8-15(16)25-10-17(22)23)5-7-14(21)18-12(19)3-2-4-13(18)20/h2-9H,10H2,1H3,(H,22,23)/p-1/b7-5+. The summed E-state index contributed by atoms with van der Waals surface area (Å²) >= 11 is 0. The van der Waals surface area contributed by atoms with E-state index < -0.39 is 35.6 Å². The Hall–Kier alpha value is -3.22. The van der Waals surface area contributed by atoms with Crippen molar-refractivity contribution in [1.82, 2.24) is 0 Å². The zero-order chi connectivity index (χ0) is 18.4. The molecule has 0 radical (unpaired) electrons. The molecule has 5 nitrogen and oxygen atoms in total. The molecule has 0 amide bonds. The lowest BCUT2D eigenvalue weighted by Crippen LogP contribution is -2.29. The maximum atomic E-state index is 13.6. The molecule has 0 aliphatic heterocycles. The second-order valence-corrected chi connectivity index (χ2v) is 4.87. The molecule has 2 aromatic rings. The van der Waals surface area contributed by atoms with Gasteiger partial charge >= 0.3 is 0 Å². The average molecular weight is 347 g/mol. The number of carbonyl (C=O) groups excluding carboxylic acids is 2. The number of carbonyl (C=O) groups is 2. The van der Waals surface area contributed by atoms with E-state index in [1.165, 1.54) is 37.5 Å². The van der Waals surface area contributed by atoms with E-state index in [1.807, 2.05) is 0 Å². The van der Waals surface area contributed by atoms with Gasteiger partial charge in [-0.3, -0.25) is 4.79 Å². The minimum absolute atomic E-state index is 0.176. The molecule has 0 saturated carbocycles. The molecule has 0 heterocycles. The first-order chi connectivity index (χ1) is 11.9. The Morgan fingerprint density at radius 1 is 1.12 bits per heavy atom. The van der Waals surface area contributed by atoms with E-state index in [0.717, 1.165) is 18.2 Å². The van der Waals surface area contributed by atoms with E-state index in [1.54, 1.807) is 0 Å². The van der Waals surface area contributed by atoms with Crippen molar-refractivity contribution in [3.05, 3.63) is 65.2 Å². The van der Waals surface area contributed by atoms with Crippen LogP contribution in [0.1, 0.15) is 15.9 Å². The Morgan fingerprint density at radius 2 is 1.80 bits per heavy atom. The van der Waals surface area contributed by atoms with Gasteiger partial charge in [0.05, 0.1) is 18.6 Å². The van der Waals surface area contributed by atoms with Crippen molar-refractivity contribution >= 4 is 17.8 Å². The van der Waals surface area contributed by atoms with Crippen LogP contribution in [0.4, 0.5) is 8.78 Å². The fourth-order valence-electron chi connectivity index (χ4n) is 2.03. The summed E-state index contributed by atoms with van der Waals surface area (Å²) in [6, 6.07) is 7.60.